The second kappa shape index (κ2) is 11.7. The van der Waals surface area contributed by atoms with Gasteiger partial charge < -0.3 is 15.4 Å². The second-order valence-corrected chi connectivity index (χ2v) is 8.76. The second-order valence-electron chi connectivity index (χ2n) is 8.76. The van der Waals surface area contributed by atoms with E-state index in [1.165, 1.54) is 18.3 Å². The average Bonchev–Trinajstić information content (AvgIpc) is 3.56. The van der Waals surface area contributed by atoms with E-state index < -0.39 is 17.6 Å². The highest BCUT2D eigenvalue weighted by atomic mass is 35.5. The van der Waals surface area contributed by atoms with Crippen molar-refractivity contribution < 1.29 is 22.7 Å². The minimum absolute atomic E-state index is 0. The highest BCUT2D eigenvalue weighted by molar-refractivity contribution is 6.08. The van der Waals surface area contributed by atoms with E-state index in [4.69, 9.17) is 4.74 Å². The first-order valence-electron chi connectivity index (χ1n) is 11.9. The van der Waals surface area contributed by atoms with Gasteiger partial charge in [-0.05, 0) is 68.4 Å². The third-order valence-corrected chi connectivity index (χ3v) is 6.17. The fourth-order valence-electron chi connectivity index (χ4n) is 4.28. The molecule has 2 aromatic carbocycles. The zero-order valence-electron chi connectivity index (χ0n) is 20.2. The van der Waals surface area contributed by atoms with Crippen LogP contribution in [0, 0.1) is 0 Å². The molecule has 8 nitrogen and oxygen atoms in total. The molecule has 1 fully saturated rings. The zero-order chi connectivity index (χ0) is 25.8. The number of fused-ring (bicyclic) bond motifs is 1. The molecule has 1 saturated heterocycles. The Bertz CT molecular complexity index is 1410. The van der Waals surface area contributed by atoms with Gasteiger partial charge in [0, 0.05) is 35.6 Å². The molecule has 3 heterocycles. The minimum atomic E-state index is -4.58. The van der Waals surface area contributed by atoms with E-state index in [-0.39, 0.29) is 36.0 Å². The maximum absolute atomic E-state index is 13.6. The zero-order valence-corrected chi connectivity index (χ0v) is 21.0. The molecule has 2 aromatic heterocycles. The summed E-state index contributed by atoms with van der Waals surface area (Å²) in [5.74, 6) is -0.546. The first-order valence-corrected chi connectivity index (χ1v) is 11.9. The summed E-state index contributed by atoms with van der Waals surface area (Å²) in [5, 5.41) is 13.6. The molecule has 38 heavy (non-hydrogen) atoms. The Hall–Kier alpha value is -3.83. The van der Waals surface area contributed by atoms with E-state index in [2.05, 4.69) is 30.7 Å². The lowest BCUT2D eigenvalue weighted by molar-refractivity contribution is -0.138. The van der Waals surface area contributed by atoms with Crippen LogP contribution in [0.4, 0.5) is 30.4 Å². The fraction of sp³-hybridized carbons (Fsp3) is 0.269. The number of ether oxygens (including phenoxy) is 1. The number of nitrogens with one attached hydrogen (secondary N) is 3. The lowest BCUT2D eigenvalue weighted by atomic mass is 10.1. The molecule has 0 atom stereocenters. The van der Waals surface area contributed by atoms with Gasteiger partial charge >= 0.3 is 6.18 Å². The number of anilines is 3. The molecule has 1 aliphatic rings. The molecule has 1 aliphatic heterocycles. The highest BCUT2D eigenvalue weighted by Gasteiger charge is 2.34. The monoisotopic (exact) mass is 546 g/mol. The summed E-state index contributed by atoms with van der Waals surface area (Å²) in [6.07, 6.45) is 0.823. The van der Waals surface area contributed by atoms with Gasteiger partial charge in [0.2, 0.25) is 0 Å². The number of halogens is 4. The Labute approximate surface area is 223 Å². The van der Waals surface area contributed by atoms with Crippen LogP contribution in [-0.4, -0.2) is 52.2 Å². The van der Waals surface area contributed by atoms with Gasteiger partial charge in [0.25, 0.3) is 5.91 Å². The first-order chi connectivity index (χ1) is 17.9. The van der Waals surface area contributed by atoms with Gasteiger partial charge in [-0.1, -0.05) is 0 Å². The minimum Gasteiger partial charge on any atom is -0.492 e. The Morgan fingerprint density at radius 2 is 1.87 bits per heavy atom. The fourth-order valence-corrected chi connectivity index (χ4v) is 4.28. The van der Waals surface area contributed by atoms with Crippen molar-refractivity contribution in [2.75, 3.05) is 36.9 Å². The van der Waals surface area contributed by atoms with Crippen LogP contribution in [0.25, 0.3) is 10.9 Å². The molecule has 0 saturated carbocycles. The molecule has 12 heteroatoms. The summed E-state index contributed by atoms with van der Waals surface area (Å²) in [6.45, 7) is 2.51. The SMILES string of the molecule is Cl.O=C(Nc1ccc(C(F)(F)F)c(OCCN2CCCC2)c1)c1cccnc1Nc1ccc2cn[nH]c2c1. The molecule has 0 bridgehead atoms. The predicted octanol–water partition coefficient (Wildman–Crippen LogP) is 5.87. The molecule has 200 valence electrons. The largest absolute Gasteiger partial charge is 0.492 e. The number of carbonyl (C=O) groups is 1. The quantitative estimate of drug-likeness (QED) is 0.256. The van der Waals surface area contributed by atoms with E-state index in [9.17, 15) is 18.0 Å². The summed E-state index contributed by atoms with van der Waals surface area (Å²) < 4.78 is 46.3. The van der Waals surface area contributed by atoms with E-state index in [1.807, 2.05) is 18.2 Å². The summed E-state index contributed by atoms with van der Waals surface area (Å²) in [4.78, 5) is 19.5. The number of hydrogen-bond acceptors (Lipinski definition) is 6. The molecule has 5 rings (SSSR count). The van der Waals surface area contributed by atoms with Crippen molar-refractivity contribution in [3.8, 4) is 5.75 Å². The van der Waals surface area contributed by atoms with Crippen molar-refractivity contribution in [2.45, 2.75) is 19.0 Å². The van der Waals surface area contributed by atoms with Crippen LogP contribution in [0.2, 0.25) is 0 Å². The molecule has 4 aromatic rings. The Morgan fingerprint density at radius 1 is 1.08 bits per heavy atom. The number of amides is 1. The summed E-state index contributed by atoms with van der Waals surface area (Å²) >= 11 is 0. The normalized spacial score (nSPS) is 13.8. The van der Waals surface area contributed by atoms with E-state index in [0.717, 1.165) is 42.9 Å². The summed E-state index contributed by atoms with van der Waals surface area (Å²) in [5.41, 5.74) is 1.03. The molecule has 0 aliphatic carbocycles. The maximum atomic E-state index is 13.6. The molecule has 3 N–H and O–H groups in total. The third-order valence-electron chi connectivity index (χ3n) is 6.17. The van der Waals surface area contributed by atoms with Gasteiger partial charge in [-0.25, -0.2) is 4.98 Å². The molecule has 0 unspecified atom stereocenters. The molecule has 0 radical (unpaired) electrons. The van der Waals surface area contributed by atoms with Crippen molar-refractivity contribution in [3.63, 3.8) is 0 Å². The van der Waals surface area contributed by atoms with Gasteiger partial charge in [-0.3, -0.25) is 14.8 Å². The number of benzene rings is 2. The highest BCUT2D eigenvalue weighted by Crippen LogP contribution is 2.38. The van der Waals surface area contributed by atoms with Gasteiger partial charge in [-0.15, -0.1) is 12.4 Å². The van der Waals surface area contributed by atoms with Crippen molar-refractivity contribution in [2.24, 2.45) is 0 Å². The van der Waals surface area contributed by atoms with Crippen LogP contribution in [-0.2, 0) is 6.18 Å². The van der Waals surface area contributed by atoms with Crippen LogP contribution >= 0.6 is 12.4 Å². The first kappa shape index (κ1) is 27.2. The third kappa shape index (κ3) is 6.35. The number of H-pyrrole nitrogens is 1. The van der Waals surface area contributed by atoms with Crippen molar-refractivity contribution >= 4 is 46.4 Å². The molecular weight excluding hydrogens is 521 g/mol. The predicted molar refractivity (Wildman–Crippen MR) is 141 cm³/mol. The van der Waals surface area contributed by atoms with E-state index in [1.54, 1.807) is 18.3 Å². The number of hydrogen-bond donors (Lipinski definition) is 3. The number of rotatable bonds is 8. The van der Waals surface area contributed by atoms with Crippen molar-refractivity contribution in [3.05, 3.63) is 72.1 Å². The number of carbonyl (C=O) groups excluding carboxylic acids is 1. The Kier molecular flexibility index (Phi) is 8.38. The number of likely N-dealkylation sites (tertiary alicyclic amines) is 1. The standard InChI is InChI=1S/C26H25F3N6O2.ClH/c27-26(28,29)21-8-7-19(15-23(21)37-13-12-35-10-1-2-11-35)33-25(36)20-4-3-9-30-24(20)32-18-6-5-17-16-31-34-22(17)14-18;/h3-9,14-16H,1-2,10-13H2,(H,30,32)(H,31,34)(H,33,36);1H. The summed E-state index contributed by atoms with van der Waals surface area (Å²) in [7, 11) is 0. The summed E-state index contributed by atoms with van der Waals surface area (Å²) in [6, 6.07) is 12.1. The number of alkyl halides is 3. The van der Waals surface area contributed by atoms with Crippen LogP contribution < -0.4 is 15.4 Å². The van der Waals surface area contributed by atoms with Crippen LogP contribution in [0.1, 0.15) is 28.8 Å². The van der Waals surface area contributed by atoms with Gasteiger partial charge in [-0.2, -0.15) is 18.3 Å². The molecule has 1 amide bonds. The number of aromatic nitrogens is 3. The smallest absolute Gasteiger partial charge is 0.419 e. The van der Waals surface area contributed by atoms with Crippen molar-refractivity contribution in [1.82, 2.24) is 20.1 Å². The topological polar surface area (TPSA) is 95.2 Å². The number of pyridine rings is 1. The Balaban J connectivity index is 0.00000336. The molecule has 0 spiro atoms. The lowest BCUT2D eigenvalue weighted by Gasteiger charge is -2.18. The van der Waals surface area contributed by atoms with E-state index in [0.29, 0.717) is 18.1 Å². The number of aromatic amines is 1. The average molecular weight is 547 g/mol. The van der Waals surface area contributed by atoms with E-state index >= 15 is 0 Å². The molecular formula is C26H26ClF3N6O2. The van der Waals surface area contributed by atoms with Gasteiger partial charge in [0.05, 0.1) is 22.8 Å². The van der Waals surface area contributed by atoms with Crippen molar-refractivity contribution in [1.29, 1.82) is 0 Å². The Morgan fingerprint density at radius 3 is 2.66 bits per heavy atom. The van der Waals surface area contributed by atoms with Gasteiger partial charge in [0.1, 0.15) is 18.2 Å². The van der Waals surface area contributed by atoms with Crippen LogP contribution in [0.3, 0.4) is 0 Å². The van der Waals surface area contributed by atoms with Gasteiger partial charge in [0.15, 0.2) is 0 Å². The lowest BCUT2D eigenvalue weighted by Crippen LogP contribution is -2.25. The van der Waals surface area contributed by atoms with Crippen LogP contribution in [0.5, 0.6) is 5.75 Å². The number of nitrogens with zero attached hydrogens (tertiary/aromatic N) is 3. The van der Waals surface area contributed by atoms with Crippen LogP contribution in [0.15, 0.2) is 60.9 Å². The maximum Gasteiger partial charge on any atom is 0.419 e.